The fourth-order valence-corrected chi connectivity index (χ4v) is 3.24. The minimum Gasteiger partial charge on any atom is -0.485 e. The zero-order valence-electron chi connectivity index (χ0n) is 17.9. The highest BCUT2D eigenvalue weighted by molar-refractivity contribution is 5.86. The summed E-state index contributed by atoms with van der Waals surface area (Å²) in [5.74, 6) is 0.623. The standard InChI is InChI=1S/C23H29N3O4/c1-16(27)24-13-19-15-26(14-17-8-6-5-7-9-17)20-12-18(10-11-21(20)29-19)25-22(28)30-23(2,3)4/h5-12,19H,13-15H2,1-4H3,(H,24,27)(H,25,28). The molecule has 0 bridgehead atoms. The van der Waals surface area contributed by atoms with Crippen LogP contribution in [0.1, 0.15) is 33.3 Å². The third-order valence-corrected chi connectivity index (χ3v) is 4.46. The first-order valence-electron chi connectivity index (χ1n) is 10.0. The van der Waals surface area contributed by atoms with Crippen LogP contribution in [-0.2, 0) is 16.1 Å². The fraction of sp³-hybridized carbons (Fsp3) is 0.391. The number of carbonyl (C=O) groups is 2. The summed E-state index contributed by atoms with van der Waals surface area (Å²) >= 11 is 0. The van der Waals surface area contributed by atoms with Gasteiger partial charge in [0.25, 0.3) is 0 Å². The molecule has 1 unspecified atom stereocenters. The maximum atomic E-state index is 12.2. The van der Waals surface area contributed by atoms with Crippen molar-refractivity contribution in [2.24, 2.45) is 0 Å². The van der Waals surface area contributed by atoms with Gasteiger partial charge in [-0.3, -0.25) is 10.1 Å². The van der Waals surface area contributed by atoms with Crippen molar-refractivity contribution in [1.29, 1.82) is 0 Å². The molecule has 1 atom stereocenters. The molecule has 30 heavy (non-hydrogen) atoms. The normalized spacial score (nSPS) is 15.6. The summed E-state index contributed by atoms with van der Waals surface area (Å²) in [4.78, 5) is 25.7. The lowest BCUT2D eigenvalue weighted by atomic mass is 10.1. The highest BCUT2D eigenvalue weighted by atomic mass is 16.6. The number of benzene rings is 2. The Balaban J connectivity index is 1.82. The van der Waals surface area contributed by atoms with Crippen LogP contribution in [0.2, 0.25) is 0 Å². The average molecular weight is 412 g/mol. The minimum atomic E-state index is -0.572. The highest BCUT2D eigenvalue weighted by Gasteiger charge is 2.27. The van der Waals surface area contributed by atoms with Gasteiger partial charge >= 0.3 is 6.09 Å². The van der Waals surface area contributed by atoms with Crippen molar-refractivity contribution < 1.29 is 19.1 Å². The number of carbonyl (C=O) groups excluding carboxylic acids is 2. The molecule has 0 fully saturated rings. The Bertz CT molecular complexity index is 893. The number of hydrogen-bond acceptors (Lipinski definition) is 5. The number of nitrogens with one attached hydrogen (secondary N) is 2. The zero-order chi connectivity index (χ0) is 21.7. The molecule has 0 radical (unpaired) electrons. The molecule has 1 aliphatic rings. The quantitative estimate of drug-likeness (QED) is 0.779. The third-order valence-electron chi connectivity index (χ3n) is 4.46. The topological polar surface area (TPSA) is 79.9 Å². The summed E-state index contributed by atoms with van der Waals surface area (Å²) < 4.78 is 11.4. The number of rotatable bonds is 5. The Morgan fingerprint density at radius 1 is 1.17 bits per heavy atom. The number of anilines is 2. The van der Waals surface area contributed by atoms with Crippen LogP contribution in [0.4, 0.5) is 16.2 Å². The Morgan fingerprint density at radius 2 is 1.90 bits per heavy atom. The van der Waals surface area contributed by atoms with Crippen LogP contribution in [-0.4, -0.2) is 36.8 Å². The average Bonchev–Trinajstić information content (AvgIpc) is 2.66. The van der Waals surface area contributed by atoms with Crippen LogP contribution < -0.4 is 20.3 Å². The van der Waals surface area contributed by atoms with Gasteiger partial charge in [-0.2, -0.15) is 0 Å². The van der Waals surface area contributed by atoms with Crippen molar-refractivity contribution in [3.8, 4) is 5.75 Å². The van der Waals surface area contributed by atoms with E-state index in [0.29, 0.717) is 31.1 Å². The van der Waals surface area contributed by atoms with Crippen LogP contribution in [0, 0.1) is 0 Å². The summed E-state index contributed by atoms with van der Waals surface area (Å²) in [7, 11) is 0. The Morgan fingerprint density at radius 3 is 2.57 bits per heavy atom. The lowest BCUT2D eigenvalue weighted by Gasteiger charge is -2.36. The molecule has 3 rings (SSSR count). The number of fused-ring (bicyclic) bond motifs is 1. The van der Waals surface area contributed by atoms with Crippen molar-refractivity contribution in [2.75, 3.05) is 23.3 Å². The summed E-state index contributed by atoms with van der Waals surface area (Å²) in [6.07, 6.45) is -0.674. The molecule has 160 valence electrons. The molecule has 2 N–H and O–H groups in total. The van der Waals surface area contributed by atoms with Crippen LogP contribution in [0.5, 0.6) is 5.75 Å². The van der Waals surface area contributed by atoms with E-state index in [1.54, 1.807) is 6.07 Å². The first kappa shape index (κ1) is 21.5. The van der Waals surface area contributed by atoms with Crippen molar-refractivity contribution in [3.63, 3.8) is 0 Å². The van der Waals surface area contributed by atoms with Crippen molar-refractivity contribution in [1.82, 2.24) is 5.32 Å². The van der Waals surface area contributed by atoms with E-state index in [0.717, 1.165) is 11.3 Å². The second kappa shape index (κ2) is 9.07. The molecular formula is C23H29N3O4. The molecule has 7 nitrogen and oxygen atoms in total. The van der Waals surface area contributed by atoms with Gasteiger partial charge in [-0.05, 0) is 44.5 Å². The lowest BCUT2D eigenvalue weighted by molar-refractivity contribution is -0.119. The fourth-order valence-electron chi connectivity index (χ4n) is 3.24. The Kier molecular flexibility index (Phi) is 6.50. The van der Waals surface area contributed by atoms with E-state index in [2.05, 4.69) is 27.7 Å². The maximum Gasteiger partial charge on any atom is 0.412 e. The van der Waals surface area contributed by atoms with E-state index in [9.17, 15) is 9.59 Å². The van der Waals surface area contributed by atoms with Gasteiger partial charge in [0.2, 0.25) is 5.91 Å². The summed E-state index contributed by atoms with van der Waals surface area (Å²) in [5.41, 5.74) is 2.10. The summed E-state index contributed by atoms with van der Waals surface area (Å²) in [6.45, 7) is 8.69. The molecule has 7 heteroatoms. The van der Waals surface area contributed by atoms with Gasteiger partial charge < -0.3 is 19.7 Å². The molecule has 1 aliphatic heterocycles. The highest BCUT2D eigenvalue weighted by Crippen LogP contribution is 2.36. The number of amides is 2. The van der Waals surface area contributed by atoms with Crippen LogP contribution in [0.15, 0.2) is 48.5 Å². The molecule has 0 aliphatic carbocycles. The van der Waals surface area contributed by atoms with Gasteiger partial charge in [0.05, 0.1) is 18.8 Å². The lowest BCUT2D eigenvalue weighted by Crippen LogP contribution is -2.45. The summed E-state index contributed by atoms with van der Waals surface area (Å²) in [5, 5.41) is 5.61. The third kappa shape index (κ3) is 6.14. The zero-order valence-corrected chi connectivity index (χ0v) is 17.9. The molecule has 0 saturated heterocycles. The number of ether oxygens (including phenoxy) is 2. The van der Waals surface area contributed by atoms with Gasteiger partial charge in [-0.25, -0.2) is 4.79 Å². The SMILES string of the molecule is CC(=O)NCC1CN(Cc2ccccc2)c2cc(NC(=O)OC(C)(C)C)ccc2O1. The van der Waals surface area contributed by atoms with Gasteiger partial charge in [0.1, 0.15) is 17.5 Å². The van der Waals surface area contributed by atoms with E-state index in [-0.39, 0.29) is 12.0 Å². The molecule has 0 spiro atoms. The van der Waals surface area contributed by atoms with E-state index < -0.39 is 11.7 Å². The molecule has 1 heterocycles. The van der Waals surface area contributed by atoms with Crippen LogP contribution in [0.25, 0.3) is 0 Å². The number of hydrogen-bond donors (Lipinski definition) is 2. The number of nitrogens with zero attached hydrogens (tertiary/aromatic N) is 1. The van der Waals surface area contributed by atoms with Crippen molar-refractivity contribution in [3.05, 3.63) is 54.1 Å². The first-order chi connectivity index (χ1) is 14.2. The minimum absolute atomic E-state index is 0.0871. The predicted octanol–water partition coefficient (Wildman–Crippen LogP) is 3.94. The van der Waals surface area contributed by atoms with E-state index in [4.69, 9.17) is 9.47 Å². The van der Waals surface area contributed by atoms with Gasteiger partial charge in [0.15, 0.2) is 0 Å². The van der Waals surface area contributed by atoms with Crippen molar-refractivity contribution in [2.45, 2.75) is 45.9 Å². The first-order valence-corrected chi connectivity index (χ1v) is 10.0. The van der Waals surface area contributed by atoms with Crippen LogP contribution in [0.3, 0.4) is 0 Å². The van der Waals surface area contributed by atoms with E-state index in [1.165, 1.54) is 6.92 Å². The second-order valence-corrected chi connectivity index (χ2v) is 8.35. The predicted molar refractivity (Wildman–Crippen MR) is 117 cm³/mol. The van der Waals surface area contributed by atoms with Crippen LogP contribution >= 0.6 is 0 Å². The molecule has 0 saturated carbocycles. The summed E-state index contributed by atoms with van der Waals surface area (Å²) in [6, 6.07) is 15.6. The largest absolute Gasteiger partial charge is 0.485 e. The van der Waals surface area contributed by atoms with Gasteiger partial charge in [-0.15, -0.1) is 0 Å². The van der Waals surface area contributed by atoms with E-state index in [1.807, 2.05) is 51.1 Å². The molecule has 2 amide bonds. The molecular weight excluding hydrogens is 382 g/mol. The Hall–Kier alpha value is -3.22. The smallest absolute Gasteiger partial charge is 0.412 e. The molecule has 2 aromatic carbocycles. The molecule has 2 aromatic rings. The monoisotopic (exact) mass is 411 g/mol. The Labute approximate surface area is 177 Å². The van der Waals surface area contributed by atoms with E-state index >= 15 is 0 Å². The van der Waals surface area contributed by atoms with Crippen molar-refractivity contribution >= 4 is 23.4 Å². The van der Waals surface area contributed by atoms with Gasteiger partial charge in [0, 0.05) is 19.2 Å². The molecule has 0 aromatic heterocycles. The second-order valence-electron chi connectivity index (χ2n) is 8.35. The van der Waals surface area contributed by atoms with Gasteiger partial charge in [-0.1, -0.05) is 30.3 Å². The maximum absolute atomic E-state index is 12.2.